The Labute approximate surface area is 117 Å². The first-order valence-corrected chi connectivity index (χ1v) is 7.75. The van der Waals surface area contributed by atoms with Crippen LogP contribution in [-0.4, -0.2) is 31.8 Å². The second-order valence-electron chi connectivity index (χ2n) is 4.01. The average molecular weight is 313 g/mol. The first-order chi connectivity index (χ1) is 8.15. The highest BCUT2D eigenvalue weighted by atomic mass is 35.5. The molecule has 102 valence electrons. The highest BCUT2D eigenvalue weighted by molar-refractivity contribution is 7.85. The number of benzene rings is 1. The van der Waals surface area contributed by atoms with Crippen molar-refractivity contribution in [3.63, 3.8) is 0 Å². The summed E-state index contributed by atoms with van der Waals surface area (Å²) in [7, 11) is -3.65. The minimum Gasteiger partial charge on any atom is -0.381 e. The summed E-state index contributed by atoms with van der Waals surface area (Å²) in [6.45, 7) is 1.11. The van der Waals surface area contributed by atoms with Crippen molar-refractivity contribution < 1.29 is 17.7 Å². The third-order valence-corrected chi connectivity index (χ3v) is 3.65. The summed E-state index contributed by atoms with van der Waals surface area (Å²) in [5.74, 6) is 0. The van der Waals surface area contributed by atoms with Gasteiger partial charge in [0.05, 0.1) is 11.6 Å². The number of hydrogen-bond acceptors (Lipinski definition) is 4. The molecule has 2 atom stereocenters. The average Bonchev–Trinajstić information content (AvgIpc) is 2.25. The molecule has 4 nitrogen and oxygen atoms in total. The van der Waals surface area contributed by atoms with Gasteiger partial charge in [-0.1, -0.05) is 23.7 Å². The van der Waals surface area contributed by atoms with Gasteiger partial charge in [-0.15, -0.1) is 11.6 Å². The predicted molar refractivity (Wildman–Crippen MR) is 71.5 cm³/mol. The number of aliphatic hydroxyl groups is 1. The molecule has 0 heterocycles. The predicted octanol–water partition coefficient (Wildman–Crippen LogP) is 2.13. The van der Waals surface area contributed by atoms with Gasteiger partial charge in [0.1, 0.15) is 12.2 Å². The molecule has 1 aromatic rings. The van der Waals surface area contributed by atoms with Gasteiger partial charge in [0.2, 0.25) is 0 Å². The Kier molecular flexibility index (Phi) is 5.03. The zero-order valence-corrected chi connectivity index (χ0v) is 12.3. The largest absolute Gasteiger partial charge is 0.381 e. The Hall–Kier alpha value is -0.330. The molecule has 0 amide bonds. The Morgan fingerprint density at radius 2 is 1.89 bits per heavy atom. The topological polar surface area (TPSA) is 63.6 Å². The molecule has 1 aromatic carbocycles. The van der Waals surface area contributed by atoms with E-state index in [-0.39, 0.29) is 0 Å². The van der Waals surface area contributed by atoms with Crippen molar-refractivity contribution in [1.29, 1.82) is 0 Å². The van der Waals surface area contributed by atoms with Gasteiger partial charge >= 0.3 is 0 Å². The molecule has 0 unspecified atom stereocenters. The zero-order chi connectivity index (χ0) is 14.0. The molecule has 18 heavy (non-hydrogen) atoms. The van der Waals surface area contributed by atoms with E-state index in [9.17, 15) is 13.5 Å². The fourth-order valence-corrected chi connectivity index (χ4v) is 2.07. The standard InChI is InChI=1S/C11H14Cl2O4S/c1-8(12)11(14,7-17-18(2,15)16)9-3-5-10(13)6-4-9/h3-6,8,14H,7H2,1-2H3/t8-,11-/m1/s1. The second-order valence-corrected chi connectivity index (χ2v) is 6.75. The Bertz CT molecular complexity index is 498. The second kappa shape index (κ2) is 5.75. The summed E-state index contributed by atoms with van der Waals surface area (Å²) in [5.41, 5.74) is -1.16. The molecule has 0 aliphatic rings. The lowest BCUT2D eigenvalue weighted by Gasteiger charge is -2.30. The van der Waals surface area contributed by atoms with Crippen molar-refractivity contribution in [3.05, 3.63) is 34.9 Å². The van der Waals surface area contributed by atoms with Gasteiger partial charge in [-0.3, -0.25) is 4.18 Å². The minimum absolute atomic E-state index is 0.443. The van der Waals surface area contributed by atoms with Gasteiger partial charge < -0.3 is 5.11 Å². The van der Waals surface area contributed by atoms with E-state index < -0.39 is 27.7 Å². The molecular weight excluding hydrogens is 299 g/mol. The molecule has 7 heteroatoms. The Balaban J connectivity index is 3.03. The van der Waals surface area contributed by atoms with Crippen LogP contribution in [0.25, 0.3) is 0 Å². The van der Waals surface area contributed by atoms with Gasteiger partial charge in [-0.2, -0.15) is 8.42 Å². The van der Waals surface area contributed by atoms with E-state index in [1.54, 1.807) is 31.2 Å². The van der Waals surface area contributed by atoms with Gasteiger partial charge in [0.25, 0.3) is 10.1 Å². The van der Waals surface area contributed by atoms with Crippen LogP contribution in [0.1, 0.15) is 12.5 Å². The highest BCUT2D eigenvalue weighted by Crippen LogP contribution is 2.30. The molecular formula is C11H14Cl2O4S. The lowest BCUT2D eigenvalue weighted by atomic mass is 9.92. The third-order valence-electron chi connectivity index (χ3n) is 2.50. The van der Waals surface area contributed by atoms with E-state index in [0.29, 0.717) is 10.6 Å². The molecule has 0 aromatic heterocycles. The third kappa shape index (κ3) is 4.10. The van der Waals surface area contributed by atoms with E-state index in [0.717, 1.165) is 6.26 Å². The molecule has 1 N–H and O–H groups in total. The maximum absolute atomic E-state index is 11.0. The first kappa shape index (κ1) is 15.7. The quantitative estimate of drug-likeness (QED) is 0.668. The first-order valence-electron chi connectivity index (χ1n) is 5.12. The van der Waals surface area contributed by atoms with Crippen molar-refractivity contribution >= 4 is 33.3 Å². The molecule has 0 fully saturated rings. The molecule has 0 aliphatic heterocycles. The Morgan fingerprint density at radius 1 is 1.39 bits per heavy atom. The van der Waals surface area contributed by atoms with Crippen molar-refractivity contribution in [2.45, 2.75) is 17.9 Å². The molecule has 0 spiro atoms. The number of halogens is 2. The van der Waals surface area contributed by atoms with Crippen LogP contribution in [0.3, 0.4) is 0 Å². The van der Waals surface area contributed by atoms with E-state index >= 15 is 0 Å². The number of alkyl halides is 1. The maximum atomic E-state index is 11.0. The molecule has 0 saturated carbocycles. The number of rotatable bonds is 5. The summed E-state index contributed by atoms with van der Waals surface area (Å²) in [6.07, 6.45) is 0.911. The van der Waals surface area contributed by atoms with Crippen LogP contribution in [0, 0.1) is 0 Å². The zero-order valence-electron chi connectivity index (χ0n) is 9.93. The van der Waals surface area contributed by atoms with Crippen LogP contribution < -0.4 is 0 Å². The van der Waals surface area contributed by atoms with Gasteiger partial charge in [0.15, 0.2) is 0 Å². The molecule has 0 saturated heterocycles. The van der Waals surface area contributed by atoms with Crippen molar-refractivity contribution in [2.75, 3.05) is 12.9 Å². The van der Waals surface area contributed by atoms with Crippen LogP contribution in [0.2, 0.25) is 5.02 Å². The lowest BCUT2D eigenvalue weighted by Crippen LogP contribution is -2.40. The smallest absolute Gasteiger partial charge is 0.264 e. The summed E-state index contributed by atoms with van der Waals surface area (Å²) in [4.78, 5) is 0. The van der Waals surface area contributed by atoms with Crippen LogP contribution in [0.5, 0.6) is 0 Å². The minimum atomic E-state index is -3.65. The number of hydrogen-bond donors (Lipinski definition) is 1. The summed E-state index contributed by atoms with van der Waals surface area (Å²) in [6, 6.07) is 6.32. The highest BCUT2D eigenvalue weighted by Gasteiger charge is 2.36. The van der Waals surface area contributed by atoms with Gasteiger partial charge in [0, 0.05) is 5.02 Å². The molecule has 0 aliphatic carbocycles. The molecule has 0 bridgehead atoms. The van der Waals surface area contributed by atoms with Crippen LogP contribution in [-0.2, 0) is 19.9 Å². The van der Waals surface area contributed by atoms with Crippen LogP contribution in [0.4, 0.5) is 0 Å². The van der Waals surface area contributed by atoms with Crippen molar-refractivity contribution in [1.82, 2.24) is 0 Å². The SMILES string of the molecule is C[C@@H](Cl)[C@](O)(COS(C)(=O)=O)c1ccc(Cl)cc1. The lowest BCUT2D eigenvalue weighted by molar-refractivity contribution is -0.00727. The fraction of sp³-hybridized carbons (Fsp3) is 0.455. The fourth-order valence-electron chi connectivity index (χ4n) is 1.36. The van der Waals surface area contributed by atoms with Crippen molar-refractivity contribution in [2.24, 2.45) is 0 Å². The summed E-state index contributed by atoms with van der Waals surface area (Å²) >= 11 is 11.7. The van der Waals surface area contributed by atoms with E-state index in [1.165, 1.54) is 0 Å². The summed E-state index contributed by atoms with van der Waals surface area (Å²) in [5, 5.41) is 10.2. The molecule has 0 radical (unpaired) electrons. The summed E-state index contributed by atoms with van der Waals surface area (Å²) < 4.78 is 26.6. The maximum Gasteiger partial charge on any atom is 0.264 e. The Morgan fingerprint density at radius 3 is 2.28 bits per heavy atom. The van der Waals surface area contributed by atoms with E-state index in [4.69, 9.17) is 23.2 Å². The van der Waals surface area contributed by atoms with Gasteiger partial charge in [-0.25, -0.2) is 0 Å². The van der Waals surface area contributed by atoms with Crippen LogP contribution in [0.15, 0.2) is 24.3 Å². The molecule has 1 rings (SSSR count). The van der Waals surface area contributed by atoms with E-state index in [1.807, 2.05) is 0 Å². The monoisotopic (exact) mass is 312 g/mol. The van der Waals surface area contributed by atoms with Crippen molar-refractivity contribution in [3.8, 4) is 0 Å². The van der Waals surface area contributed by atoms with Crippen LogP contribution >= 0.6 is 23.2 Å². The van der Waals surface area contributed by atoms with Gasteiger partial charge in [-0.05, 0) is 24.6 Å². The normalized spacial score (nSPS) is 17.2. The van der Waals surface area contributed by atoms with E-state index in [2.05, 4.69) is 4.18 Å².